The lowest BCUT2D eigenvalue weighted by molar-refractivity contribution is -0.114. The summed E-state index contributed by atoms with van der Waals surface area (Å²) < 4.78 is 13.4. The van der Waals surface area contributed by atoms with Crippen LogP contribution in [0.1, 0.15) is 27.6 Å². The monoisotopic (exact) mass is 224 g/mol. The van der Waals surface area contributed by atoms with Crippen LogP contribution in [-0.2, 0) is 4.79 Å². The molecule has 0 saturated carbocycles. The van der Waals surface area contributed by atoms with Gasteiger partial charge in [-0.2, -0.15) is 0 Å². The van der Waals surface area contributed by atoms with Crippen molar-refractivity contribution >= 4 is 23.8 Å². The molecule has 1 aromatic carbocycles. The largest absolute Gasteiger partial charge is 0.366 e. The number of aldehydes is 1. The summed E-state index contributed by atoms with van der Waals surface area (Å²) in [5.74, 6) is -2.25. The van der Waals surface area contributed by atoms with Crippen molar-refractivity contribution in [1.82, 2.24) is 0 Å². The van der Waals surface area contributed by atoms with Crippen molar-refractivity contribution in [3.05, 3.63) is 29.1 Å². The smallest absolute Gasteiger partial charge is 0.248 e. The minimum Gasteiger partial charge on any atom is -0.366 e. The highest BCUT2D eigenvalue weighted by Crippen LogP contribution is 2.20. The van der Waals surface area contributed by atoms with Crippen LogP contribution in [0.25, 0.3) is 0 Å². The molecule has 0 heterocycles. The van der Waals surface area contributed by atoms with Gasteiger partial charge in [-0.15, -0.1) is 0 Å². The number of benzene rings is 1. The molecule has 6 heteroatoms. The van der Waals surface area contributed by atoms with Gasteiger partial charge in [-0.1, -0.05) is 0 Å². The fourth-order valence-electron chi connectivity index (χ4n) is 1.17. The summed E-state index contributed by atoms with van der Waals surface area (Å²) in [6, 6.07) is 1.98. The Bertz CT molecular complexity index is 471. The van der Waals surface area contributed by atoms with Crippen LogP contribution in [0.5, 0.6) is 0 Å². The number of nitrogens with one attached hydrogen (secondary N) is 1. The molecule has 0 fully saturated rings. The zero-order valence-electron chi connectivity index (χ0n) is 8.41. The number of hydrogen-bond donors (Lipinski definition) is 2. The van der Waals surface area contributed by atoms with E-state index in [1.807, 2.05) is 0 Å². The zero-order valence-corrected chi connectivity index (χ0v) is 8.41. The van der Waals surface area contributed by atoms with Crippen LogP contribution in [0, 0.1) is 5.82 Å². The summed E-state index contributed by atoms with van der Waals surface area (Å²) in [6.07, 6.45) is 0.334. The van der Waals surface area contributed by atoms with Crippen molar-refractivity contribution in [2.24, 2.45) is 5.73 Å². The van der Waals surface area contributed by atoms with Crippen LogP contribution in [0.3, 0.4) is 0 Å². The van der Waals surface area contributed by atoms with Gasteiger partial charge in [0.15, 0.2) is 6.29 Å². The van der Waals surface area contributed by atoms with E-state index in [4.69, 9.17) is 5.73 Å². The fourth-order valence-corrected chi connectivity index (χ4v) is 1.17. The molecule has 0 bridgehead atoms. The van der Waals surface area contributed by atoms with Crippen molar-refractivity contribution in [3.63, 3.8) is 0 Å². The van der Waals surface area contributed by atoms with Gasteiger partial charge in [-0.25, -0.2) is 4.39 Å². The molecule has 0 unspecified atom stereocenters. The maximum Gasteiger partial charge on any atom is 0.248 e. The number of carbonyl (C=O) groups is 3. The van der Waals surface area contributed by atoms with Gasteiger partial charge in [0.2, 0.25) is 11.8 Å². The van der Waals surface area contributed by atoms with Gasteiger partial charge in [0, 0.05) is 18.1 Å². The second-order valence-electron chi connectivity index (χ2n) is 3.09. The van der Waals surface area contributed by atoms with Gasteiger partial charge < -0.3 is 11.1 Å². The van der Waals surface area contributed by atoms with Gasteiger partial charge >= 0.3 is 0 Å². The molecule has 0 atom stereocenters. The van der Waals surface area contributed by atoms with Gasteiger partial charge in [0.1, 0.15) is 5.82 Å². The number of amides is 2. The van der Waals surface area contributed by atoms with Crippen molar-refractivity contribution < 1.29 is 18.8 Å². The van der Waals surface area contributed by atoms with Crippen molar-refractivity contribution in [2.75, 3.05) is 5.32 Å². The Hall–Kier alpha value is -2.24. The van der Waals surface area contributed by atoms with Crippen molar-refractivity contribution in [3.8, 4) is 0 Å². The molecule has 0 saturated heterocycles. The predicted octanol–water partition coefficient (Wildman–Crippen LogP) is 0.696. The molecule has 0 aliphatic carbocycles. The molecule has 0 aliphatic heterocycles. The average Bonchev–Trinajstić information content (AvgIpc) is 2.19. The fraction of sp³-hybridized carbons (Fsp3) is 0.100. The van der Waals surface area contributed by atoms with E-state index in [-0.39, 0.29) is 16.8 Å². The number of nitrogens with two attached hydrogens (primary N) is 1. The predicted molar refractivity (Wildman–Crippen MR) is 54.6 cm³/mol. The molecule has 1 rings (SSSR count). The third-order valence-electron chi connectivity index (χ3n) is 1.83. The van der Waals surface area contributed by atoms with E-state index in [2.05, 4.69) is 5.32 Å². The Morgan fingerprint density at radius 1 is 1.44 bits per heavy atom. The van der Waals surface area contributed by atoms with Crippen molar-refractivity contribution in [1.29, 1.82) is 0 Å². The van der Waals surface area contributed by atoms with E-state index in [1.165, 1.54) is 6.92 Å². The third-order valence-corrected chi connectivity index (χ3v) is 1.83. The highest BCUT2D eigenvalue weighted by atomic mass is 19.1. The van der Waals surface area contributed by atoms with Gasteiger partial charge in [0.05, 0.1) is 5.69 Å². The maximum absolute atomic E-state index is 13.4. The van der Waals surface area contributed by atoms with E-state index in [1.54, 1.807) is 0 Å². The lowest BCUT2D eigenvalue weighted by Gasteiger charge is -2.08. The number of carbonyl (C=O) groups excluding carboxylic acids is 3. The standard InChI is InChI=1S/C10H9FN2O3/c1-5(15)13-9-7(4-14)2-6(10(12)16)3-8(9)11/h2-4H,1H3,(H2,12,16)(H,13,15). The Kier molecular flexibility index (Phi) is 3.34. The summed E-state index contributed by atoms with van der Waals surface area (Å²) in [6.45, 7) is 1.18. The maximum atomic E-state index is 13.4. The van der Waals surface area contributed by atoms with E-state index in [0.717, 1.165) is 12.1 Å². The van der Waals surface area contributed by atoms with Gasteiger partial charge in [-0.3, -0.25) is 14.4 Å². The van der Waals surface area contributed by atoms with Crippen LogP contribution in [0.4, 0.5) is 10.1 Å². The SMILES string of the molecule is CC(=O)Nc1c(F)cc(C(N)=O)cc1C=O. The molecule has 3 N–H and O–H groups in total. The zero-order chi connectivity index (χ0) is 12.3. The first-order valence-electron chi connectivity index (χ1n) is 4.31. The second-order valence-corrected chi connectivity index (χ2v) is 3.09. The number of rotatable bonds is 3. The minimum atomic E-state index is -0.881. The van der Waals surface area contributed by atoms with Gasteiger partial charge in [-0.05, 0) is 12.1 Å². The molecule has 0 aromatic heterocycles. The molecular formula is C10H9FN2O3. The van der Waals surface area contributed by atoms with E-state index in [9.17, 15) is 18.8 Å². The first kappa shape index (κ1) is 11.8. The molecule has 1 aromatic rings. The summed E-state index contributed by atoms with van der Waals surface area (Å²) in [5.41, 5.74) is 4.43. The third kappa shape index (κ3) is 2.41. The molecule has 84 valence electrons. The van der Waals surface area contributed by atoms with E-state index < -0.39 is 17.6 Å². The summed E-state index contributed by atoms with van der Waals surface area (Å²) >= 11 is 0. The summed E-state index contributed by atoms with van der Waals surface area (Å²) in [4.78, 5) is 32.2. The van der Waals surface area contributed by atoms with Crippen LogP contribution in [-0.4, -0.2) is 18.1 Å². The molecule has 0 spiro atoms. The number of halogens is 1. The van der Waals surface area contributed by atoms with Gasteiger partial charge in [0.25, 0.3) is 0 Å². The highest BCUT2D eigenvalue weighted by Gasteiger charge is 2.13. The Balaban J connectivity index is 3.33. The Labute approximate surface area is 90.4 Å². The molecule has 16 heavy (non-hydrogen) atoms. The summed E-state index contributed by atoms with van der Waals surface area (Å²) in [7, 11) is 0. The molecule has 0 radical (unpaired) electrons. The quantitative estimate of drug-likeness (QED) is 0.740. The topological polar surface area (TPSA) is 89.3 Å². The first-order valence-corrected chi connectivity index (χ1v) is 4.31. The normalized spacial score (nSPS) is 9.62. The average molecular weight is 224 g/mol. The number of hydrogen-bond acceptors (Lipinski definition) is 3. The number of anilines is 1. The Morgan fingerprint density at radius 3 is 2.50 bits per heavy atom. The molecule has 2 amide bonds. The minimum absolute atomic E-state index is 0.131. The highest BCUT2D eigenvalue weighted by molar-refractivity contribution is 5.99. The molecule has 5 nitrogen and oxygen atoms in total. The van der Waals surface area contributed by atoms with Crippen LogP contribution >= 0.6 is 0 Å². The summed E-state index contributed by atoms with van der Waals surface area (Å²) in [5, 5.41) is 2.16. The molecular weight excluding hydrogens is 215 g/mol. The van der Waals surface area contributed by atoms with Crippen LogP contribution < -0.4 is 11.1 Å². The van der Waals surface area contributed by atoms with Crippen LogP contribution in [0.2, 0.25) is 0 Å². The van der Waals surface area contributed by atoms with E-state index >= 15 is 0 Å². The van der Waals surface area contributed by atoms with E-state index in [0.29, 0.717) is 6.29 Å². The second kappa shape index (κ2) is 4.52. The van der Waals surface area contributed by atoms with Crippen LogP contribution in [0.15, 0.2) is 12.1 Å². The Morgan fingerprint density at radius 2 is 2.06 bits per heavy atom. The number of primary amides is 1. The molecule has 0 aliphatic rings. The lowest BCUT2D eigenvalue weighted by Crippen LogP contribution is -2.15. The van der Waals surface area contributed by atoms with Crippen molar-refractivity contribution in [2.45, 2.75) is 6.92 Å². The first-order chi connectivity index (χ1) is 7.45. The lowest BCUT2D eigenvalue weighted by atomic mass is 10.1.